The lowest BCUT2D eigenvalue weighted by Gasteiger charge is -2.22. The molecule has 0 bridgehead atoms. The van der Waals surface area contributed by atoms with E-state index in [9.17, 15) is 13.2 Å². The number of ether oxygens (including phenoxy) is 2. The molecule has 1 atom stereocenters. The number of sulfonamides is 1. The highest BCUT2D eigenvalue weighted by Gasteiger charge is 2.55. The van der Waals surface area contributed by atoms with Crippen molar-refractivity contribution in [2.45, 2.75) is 37.5 Å². The SMILES string of the molecule is COCC1(S(=O)(=O)NC(C(=O)OC)c2cc(C)cc(C)c2)CC1. The predicted molar refractivity (Wildman–Crippen MR) is 86.6 cm³/mol. The average Bonchev–Trinajstić information content (AvgIpc) is 3.25. The minimum absolute atomic E-state index is 0.114. The van der Waals surface area contributed by atoms with Crippen molar-refractivity contribution >= 4 is 16.0 Å². The summed E-state index contributed by atoms with van der Waals surface area (Å²) < 4.78 is 36.8. The quantitative estimate of drug-likeness (QED) is 0.762. The lowest BCUT2D eigenvalue weighted by Crippen LogP contribution is -2.43. The summed E-state index contributed by atoms with van der Waals surface area (Å²) >= 11 is 0. The van der Waals surface area contributed by atoms with Gasteiger partial charge in [0.1, 0.15) is 10.8 Å². The molecule has 0 spiro atoms. The van der Waals surface area contributed by atoms with Gasteiger partial charge in [-0.25, -0.2) is 13.2 Å². The lowest BCUT2D eigenvalue weighted by atomic mass is 10.0. The highest BCUT2D eigenvalue weighted by Crippen LogP contribution is 2.43. The maximum atomic E-state index is 12.7. The molecule has 2 rings (SSSR count). The van der Waals surface area contributed by atoms with Crippen molar-refractivity contribution in [2.75, 3.05) is 20.8 Å². The summed E-state index contributed by atoms with van der Waals surface area (Å²) in [5.74, 6) is -0.633. The van der Waals surface area contributed by atoms with Crippen molar-refractivity contribution < 1.29 is 22.7 Å². The van der Waals surface area contributed by atoms with Gasteiger partial charge in [-0.15, -0.1) is 0 Å². The number of carbonyl (C=O) groups is 1. The van der Waals surface area contributed by atoms with Crippen molar-refractivity contribution in [2.24, 2.45) is 0 Å². The Morgan fingerprint density at radius 1 is 1.22 bits per heavy atom. The zero-order valence-corrected chi connectivity index (χ0v) is 14.7. The average molecular weight is 341 g/mol. The van der Waals surface area contributed by atoms with Gasteiger partial charge in [-0.1, -0.05) is 29.3 Å². The molecule has 6 nitrogen and oxygen atoms in total. The molecule has 7 heteroatoms. The van der Waals surface area contributed by atoms with Crippen molar-refractivity contribution in [1.82, 2.24) is 4.72 Å². The normalized spacial score (nSPS) is 17.6. The highest BCUT2D eigenvalue weighted by molar-refractivity contribution is 7.91. The van der Waals surface area contributed by atoms with E-state index in [1.807, 2.05) is 19.9 Å². The number of rotatable bonds is 7. The number of hydrogen-bond donors (Lipinski definition) is 1. The van der Waals surface area contributed by atoms with Crippen LogP contribution < -0.4 is 4.72 Å². The number of benzene rings is 1. The van der Waals surface area contributed by atoms with E-state index in [0.717, 1.165) is 11.1 Å². The fourth-order valence-electron chi connectivity index (χ4n) is 2.72. The van der Waals surface area contributed by atoms with Gasteiger partial charge < -0.3 is 9.47 Å². The number of esters is 1. The smallest absolute Gasteiger partial charge is 0.328 e. The van der Waals surface area contributed by atoms with Crippen LogP contribution in [0.4, 0.5) is 0 Å². The van der Waals surface area contributed by atoms with E-state index < -0.39 is 26.8 Å². The van der Waals surface area contributed by atoms with Crippen molar-refractivity contribution in [1.29, 1.82) is 0 Å². The summed E-state index contributed by atoms with van der Waals surface area (Å²) in [6.45, 7) is 3.91. The van der Waals surface area contributed by atoms with Gasteiger partial charge in [0, 0.05) is 7.11 Å². The van der Waals surface area contributed by atoms with Crippen LogP contribution in [0.5, 0.6) is 0 Å². The van der Waals surface area contributed by atoms with Crippen molar-refractivity contribution in [3.63, 3.8) is 0 Å². The largest absolute Gasteiger partial charge is 0.468 e. The van der Waals surface area contributed by atoms with Crippen LogP contribution in [0.25, 0.3) is 0 Å². The van der Waals surface area contributed by atoms with Crippen LogP contribution >= 0.6 is 0 Å². The van der Waals surface area contributed by atoms with Crippen LogP contribution in [-0.4, -0.2) is 40.0 Å². The van der Waals surface area contributed by atoms with E-state index in [-0.39, 0.29) is 6.61 Å². The molecule has 0 saturated heterocycles. The molecule has 0 aliphatic heterocycles. The summed E-state index contributed by atoms with van der Waals surface area (Å²) in [6.07, 6.45) is 1.05. The first kappa shape index (κ1) is 17.9. The Labute approximate surface area is 137 Å². The number of hydrogen-bond acceptors (Lipinski definition) is 5. The fourth-order valence-corrected chi connectivity index (χ4v) is 4.43. The van der Waals surface area contributed by atoms with Crippen molar-refractivity contribution in [3.05, 3.63) is 34.9 Å². The zero-order valence-electron chi connectivity index (χ0n) is 13.9. The maximum Gasteiger partial charge on any atom is 0.328 e. The molecule has 0 heterocycles. The molecule has 0 radical (unpaired) electrons. The molecule has 1 saturated carbocycles. The van der Waals surface area contributed by atoms with Crippen LogP contribution in [0.1, 0.15) is 35.6 Å². The molecule has 128 valence electrons. The highest BCUT2D eigenvalue weighted by atomic mass is 32.2. The molecule has 1 aliphatic rings. The van der Waals surface area contributed by atoms with E-state index in [1.165, 1.54) is 14.2 Å². The molecule has 1 aromatic carbocycles. The van der Waals surface area contributed by atoms with Gasteiger partial charge in [-0.3, -0.25) is 0 Å². The van der Waals surface area contributed by atoms with Gasteiger partial charge in [0.25, 0.3) is 0 Å². The summed E-state index contributed by atoms with van der Waals surface area (Å²) in [6, 6.07) is 4.47. The Bertz CT molecular complexity index is 674. The second-order valence-electron chi connectivity index (χ2n) is 6.11. The van der Waals surface area contributed by atoms with E-state index >= 15 is 0 Å². The van der Waals surface area contributed by atoms with E-state index in [1.54, 1.807) is 12.1 Å². The van der Waals surface area contributed by atoms with Gasteiger partial charge in [-0.2, -0.15) is 4.72 Å². The van der Waals surface area contributed by atoms with Crippen molar-refractivity contribution in [3.8, 4) is 0 Å². The summed E-state index contributed by atoms with van der Waals surface area (Å²) in [7, 11) is -1.00. The maximum absolute atomic E-state index is 12.7. The fraction of sp³-hybridized carbons (Fsp3) is 0.562. The second kappa shape index (κ2) is 6.59. The summed E-state index contributed by atoms with van der Waals surface area (Å²) in [4.78, 5) is 12.1. The van der Waals surface area contributed by atoms with Crippen LogP contribution in [0, 0.1) is 13.8 Å². The first-order valence-corrected chi connectivity index (χ1v) is 8.90. The molecule has 1 unspecified atom stereocenters. The predicted octanol–water partition coefficient (Wildman–Crippen LogP) is 1.62. The van der Waals surface area contributed by atoms with Gasteiger partial charge in [0.2, 0.25) is 10.0 Å². The van der Waals surface area contributed by atoms with Gasteiger partial charge in [0.05, 0.1) is 13.7 Å². The van der Waals surface area contributed by atoms with Gasteiger partial charge in [-0.05, 0) is 32.3 Å². The second-order valence-corrected chi connectivity index (χ2v) is 8.22. The molecular weight excluding hydrogens is 318 g/mol. The number of carbonyl (C=O) groups excluding carboxylic acids is 1. The Morgan fingerprint density at radius 2 is 1.78 bits per heavy atom. The van der Waals surface area contributed by atoms with Crippen LogP contribution in [0.3, 0.4) is 0 Å². The Kier molecular flexibility index (Phi) is 5.13. The first-order chi connectivity index (χ1) is 10.7. The minimum Gasteiger partial charge on any atom is -0.468 e. The van der Waals surface area contributed by atoms with Gasteiger partial charge >= 0.3 is 5.97 Å². The Hall–Kier alpha value is -1.44. The summed E-state index contributed by atoms with van der Waals surface area (Å²) in [5, 5.41) is 0. The molecule has 1 aliphatic carbocycles. The molecular formula is C16H23NO5S. The van der Waals surface area contributed by atoms with Crippen LogP contribution in [0.15, 0.2) is 18.2 Å². The number of methoxy groups -OCH3 is 2. The number of nitrogens with one attached hydrogen (secondary N) is 1. The molecule has 23 heavy (non-hydrogen) atoms. The molecule has 0 amide bonds. The lowest BCUT2D eigenvalue weighted by molar-refractivity contribution is -0.142. The summed E-state index contributed by atoms with van der Waals surface area (Å²) in [5.41, 5.74) is 2.48. The topological polar surface area (TPSA) is 81.7 Å². The molecule has 1 aromatic rings. The third-order valence-corrected chi connectivity index (χ3v) is 6.28. The van der Waals surface area contributed by atoms with Crippen LogP contribution in [0.2, 0.25) is 0 Å². The Balaban J connectivity index is 2.35. The zero-order chi connectivity index (χ0) is 17.3. The standard InChI is InChI=1S/C16H23NO5S/c1-11-7-12(2)9-13(8-11)14(15(18)22-4)17-23(19,20)16(5-6-16)10-21-3/h7-9,14,17H,5-6,10H2,1-4H3. The first-order valence-electron chi connectivity index (χ1n) is 7.41. The minimum atomic E-state index is -3.71. The van der Waals surface area contributed by atoms with E-state index in [0.29, 0.717) is 18.4 Å². The van der Waals surface area contributed by atoms with Gasteiger partial charge in [0.15, 0.2) is 0 Å². The Morgan fingerprint density at radius 3 is 2.22 bits per heavy atom. The molecule has 1 N–H and O–H groups in total. The molecule has 0 aromatic heterocycles. The van der Waals surface area contributed by atoms with E-state index in [4.69, 9.17) is 9.47 Å². The number of aryl methyl sites for hydroxylation is 2. The van der Waals surface area contributed by atoms with Crippen LogP contribution in [-0.2, 0) is 24.3 Å². The van der Waals surface area contributed by atoms with E-state index in [2.05, 4.69) is 4.72 Å². The monoisotopic (exact) mass is 341 g/mol. The third-order valence-electron chi connectivity index (χ3n) is 4.07. The molecule has 1 fully saturated rings. The third kappa shape index (κ3) is 3.73.